The highest BCUT2D eigenvalue weighted by Gasteiger charge is 2.17. The predicted octanol–water partition coefficient (Wildman–Crippen LogP) is 0.452. The normalized spacial score (nSPS) is 16.2. The van der Waals surface area contributed by atoms with Crippen LogP contribution in [0.5, 0.6) is 0 Å². The fourth-order valence-corrected chi connectivity index (χ4v) is 2.72. The number of nitrogens with zero attached hydrogens (tertiary/aromatic N) is 6. The first kappa shape index (κ1) is 15.1. The Balaban J connectivity index is 1.51. The lowest BCUT2D eigenvalue weighted by Crippen LogP contribution is -2.47. The Hall–Kier alpha value is -1.86. The van der Waals surface area contributed by atoms with E-state index in [9.17, 15) is 4.79 Å². The van der Waals surface area contributed by atoms with Crippen LogP contribution in [0, 0.1) is 0 Å². The molecule has 0 radical (unpaired) electrons. The van der Waals surface area contributed by atoms with Crippen molar-refractivity contribution in [2.45, 2.75) is 6.54 Å². The molecule has 0 aromatic carbocycles. The summed E-state index contributed by atoms with van der Waals surface area (Å²) < 4.78 is 3.20. The summed E-state index contributed by atoms with van der Waals surface area (Å²) in [7, 11) is 1.66. The highest BCUT2D eigenvalue weighted by Crippen LogP contribution is 2.13. The summed E-state index contributed by atoms with van der Waals surface area (Å²) >= 11 is 5.86. The number of aromatic nitrogens is 4. The van der Waals surface area contributed by atoms with E-state index in [1.54, 1.807) is 25.5 Å². The van der Waals surface area contributed by atoms with Crippen molar-refractivity contribution in [3.63, 3.8) is 0 Å². The Morgan fingerprint density at radius 3 is 2.55 bits per heavy atom. The molecule has 0 unspecified atom stereocenters. The molecule has 0 saturated carbocycles. The van der Waals surface area contributed by atoms with Gasteiger partial charge in [0.2, 0.25) is 0 Å². The van der Waals surface area contributed by atoms with Crippen LogP contribution < -0.4 is 10.5 Å². The first-order valence-electron chi connectivity index (χ1n) is 7.30. The second kappa shape index (κ2) is 6.50. The average Bonchev–Trinajstić information content (AvgIpc) is 2.94. The van der Waals surface area contributed by atoms with E-state index < -0.39 is 0 Å². The van der Waals surface area contributed by atoms with Gasteiger partial charge in [0.1, 0.15) is 0 Å². The van der Waals surface area contributed by atoms with Crippen molar-refractivity contribution in [2.24, 2.45) is 7.05 Å². The topological polar surface area (TPSA) is 59.2 Å². The Kier molecular flexibility index (Phi) is 4.44. The highest BCUT2D eigenvalue weighted by atomic mass is 35.5. The molecule has 0 N–H and O–H groups in total. The Morgan fingerprint density at radius 1 is 1.14 bits per heavy atom. The molecule has 0 bridgehead atoms. The lowest BCUT2D eigenvalue weighted by Gasteiger charge is -2.35. The SMILES string of the molecule is Cn1ncc(N2CCN(CCn3cc(Cl)cn3)CC2)cc1=O. The van der Waals surface area contributed by atoms with Gasteiger partial charge in [0.25, 0.3) is 5.56 Å². The maximum atomic E-state index is 11.7. The molecule has 0 spiro atoms. The van der Waals surface area contributed by atoms with E-state index in [4.69, 9.17) is 11.6 Å². The summed E-state index contributed by atoms with van der Waals surface area (Å²) in [5.41, 5.74) is 0.831. The molecule has 118 valence electrons. The third-order valence-corrected chi connectivity index (χ3v) is 4.13. The standard InChI is InChI=1S/C14H19ClN6O/c1-18-14(22)8-13(10-16-18)20-5-2-19(3-6-20)4-7-21-11-12(15)9-17-21/h8-11H,2-7H2,1H3. The summed E-state index contributed by atoms with van der Waals surface area (Å²) in [6.07, 6.45) is 5.24. The summed E-state index contributed by atoms with van der Waals surface area (Å²) in [4.78, 5) is 16.2. The van der Waals surface area contributed by atoms with Crippen molar-refractivity contribution in [2.75, 3.05) is 37.6 Å². The minimum Gasteiger partial charge on any atom is -0.368 e. The molecule has 1 aliphatic rings. The third kappa shape index (κ3) is 3.48. The van der Waals surface area contributed by atoms with Gasteiger partial charge in [-0.15, -0.1) is 0 Å². The number of hydrogen-bond acceptors (Lipinski definition) is 5. The van der Waals surface area contributed by atoms with Gasteiger partial charge in [0.15, 0.2) is 0 Å². The first-order valence-corrected chi connectivity index (χ1v) is 7.68. The van der Waals surface area contributed by atoms with Crippen LogP contribution in [0.3, 0.4) is 0 Å². The molecular formula is C14H19ClN6O. The molecule has 8 heteroatoms. The van der Waals surface area contributed by atoms with Gasteiger partial charge in [-0.3, -0.25) is 14.4 Å². The minimum atomic E-state index is -0.0736. The molecule has 2 aromatic heterocycles. The minimum absolute atomic E-state index is 0.0736. The number of anilines is 1. The van der Waals surface area contributed by atoms with Gasteiger partial charge in [-0.25, -0.2) is 4.68 Å². The zero-order valence-electron chi connectivity index (χ0n) is 12.5. The molecule has 0 aliphatic carbocycles. The van der Waals surface area contributed by atoms with Gasteiger partial charge in [-0.05, 0) is 0 Å². The summed E-state index contributed by atoms with van der Waals surface area (Å²) in [6.45, 7) is 5.50. The number of piperazine rings is 1. The van der Waals surface area contributed by atoms with Crippen molar-refractivity contribution in [3.05, 3.63) is 40.0 Å². The number of hydrogen-bond donors (Lipinski definition) is 0. The van der Waals surface area contributed by atoms with Gasteiger partial charge >= 0.3 is 0 Å². The fourth-order valence-electron chi connectivity index (χ4n) is 2.57. The molecule has 7 nitrogen and oxygen atoms in total. The molecule has 3 rings (SSSR count). The monoisotopic (exact) mass is 322 g/mol. The van der Waals surface area contributed by atoms with E-state index >= 15 is 0 Å². The maximum Gasteiger partial charge on any atom is 0.268 e. The van der Waals surface area contributed by atoms with Crippen molar-refractivity contribution >= 4 is 17.3 Å². The van der Waals surface area contributed by atoms with Gasteiger partial charge in [0.05, 0.1) is 29.6 Å². The van der Waals surface area contributed by atoms with E-state index in [2.05, 4.69) is 20.0 Å². The first-order chi connectivity index (χ1) is 10.6. The Bertz CT molecular complexity index is 689. The largest absolute Gasteiger partial charge is 0.368 e. The van der Waals surface area contributed by atoms with E-state index in [0.29, 0.717) is 5.02 Å². The second-order valence-electron chi connectivity index (χ2n) is 5.43. The number of rotatable bonds is 4. The maximum absolute atomic E-state index is 11.7. The van der Waals surface area contributed by atoms with Gasteiger partial charge < -0.3 is 4.90 Å². The van der Waals surface area contributed by atoms with Gasteiger partial charge in [-0.2, -0.15) is 10.2 Å². The molecule has 1 aliphatic heterocycles. The third-order valence-electron chi connectivity index (χ3n) is 3.94. The predicted molar refractivity (Wildman–Crippen MR) is 85.4 cm³/mol. The van der Waals surface area contributed by atoms with Crippen LogP contribution in [-0.4, -0.2) is 57.2 Å². The van der Waals surface area contributed by atoms with Crippen molar-refractivity contribution in [1.29, 1.82) is 0 Å². The zero-order valence-corrected chi connectivity index (χ0v) is 13.3. The van der Waals surface area contributed by atoms with Gasteiger partial charge in [0, 0.05) is 52.0 Å². The zero-order chi connectivity index (χ0) is 15.5. The molecule has 22 heavy (non-hydrogen) atoms. The van der Waals surface area contributed by atoms with Crippen LogP contribution in [0.4, 0.5) is 5.69 Å². The van der Waals surface area contributed by atoms with Crippen LogP contribution in [0.1, 0.15) is 0 Å². The summed E-state index contributed by atoms with van der Waals surface area (Å²) in [5, 5.41) is 8.93. The van der Waals surface area contributed by atoms with E-state index in [1.165, 1.54) is 4.68 Å². The summed E-state index contributed by atoms with van der Waals surface area (Å²) in [6, 6.07) is 1.65. The molecule has 2 aromatic rings. The fraction of sp³-hybridized carbons (Fsp3) is 0.500. The van der Waals surface area contributed by atoms with E-state index in [1.807, 2.05) is 10.9 Å². The quantitative estimate of drug-likeness (QED) is 0.818. The lowest BCUT2D eigenvalue weighted by atomic mass is 10.3. The van der Waals surface area contributed by atoms with Crippen LogP contribution in [0.2, 0.25) is 5.02 Å². The van der Waals surface area contributed by atoms with Crippen LogP contribution >= 0.6 is 11.6 Å². The summed E-state index contributed by atoms with van der Waals surface area (Å²) in [5.74, 6) is 0. The second-order valence-corrected chi connectivity index (χ2v) is 5.86. The number of halogens is 1. The molecular weight excluding hydrogens is 304 g/mol. The smallest absolute Gasteiger partial charge is 0.268 e. The van der Waals surface area contributed by atoms with E-state index in [0.717, 1.165) is 45.0 Å². The lowest BCUT2D eigenvalue weighted by molar-refractivity contribution is 0.244. The molecule has 1 saturated heterocycles. The molecule has 3 heterocycles. The average molecular weight is 323 g/mol. The number of aryl methyl sites for hydroxylation is 1. The Morgan fingerprint density at radius 2 is 1.91 bits per heavy atom. The molecule has 0 atom stereocenters. The van der Waals surface area contributed by atoms with Crippen molar-refractivity contribution in [1.82, 2.24) is 24.5 Å². The Labute approximate surface area is 133 Å². The molecule has 1 fully saturated rings. The van der Waals surface area contributed by atoms with Crippen molar-refractivity contribution < 1.29 is 0 Å². The van der Waals surface area contributed by atoms with Gasteiger partial charge in [-0.1, -0.05) is 11.6 Å². The van der Waals surface area contributed by atoms with E-state index in [-0.39, 0.29) is 5.56 Å². The van der Waals surface area contributed by atoms with Crippen LogP contribution in [0.15, 0.2) is 29.5 Å². The highest BCUT2D eigenvalue weighted by molar-refractivity contribution is 6.30. The van der Waals surface area contributed by atoms with Crippen molar-refractivity contribution in [3.8, 4) is 0 Å². The molecule has 0 amide bonds. The van der Waals surface area contributed by atoms with Crippen LogP contribution in [-0.2, 0) is 13.6 Å². The van der Waals surface area contributed by atoms with Crippen LogP contribution in [0.25, 0.3) is 0 Å².